The molecule has 1 aliphatic carbocycles. The van der Waals surface area contributed by atoms with Crippen molar-refractivity contribution in [1.29, 1.82) is 0 Å². The summed E-state index contributed by atoms with van der Waals surface area (Å²) in [5, 5.41) is 11.8. The molecule has 1 aromatic rings. The first-order valence-corrected chi connectivity index (χ1v) is 6.43. The monoisotopic (exact) mass is 282 g/mol. The van der Waals surface area contributed by atoms with Crippen LogP contribution in [0.5, 0.6) is 0 Å². The van der Waals surface area contributed by atoms with Crippen molar-refractivity contribution in [3.05, 3.63) is 28.8 Å². The van der Waals surface area contributed by atoms with Crippen LogP contribution < -0.4 is 5.32 Å². The summed E-state index contributed by atoms with van der Waals surface area (Å²) in [6.07, 6.45) is 3.18. The predicted molar refractivity (Wildman–Crippen MR) is 72.8 cm³/mol. The van der Waals surface area contributed by atoms with Crippen LogP contribution in [0, 0.1) is 0 Å². The van der Waals surface area contributed by atoms with E-state index in [9.17, 15) is 9.59 Å². The molecule has 2 amide bonds. The Labute approximate surface area is 116 Å². The van der Waals surface area contributed by atoms with Crippen molar-refractivity contribution < 1.29 is 14.7 Å². The van der Waals surface area contributed by atoms with E-state index in [1.165, 1.54) is 12.1 Å². The van der Waals surface area contributed by atoms with Crippen molar-refractivity contribution in [2.75, 3.05) is 12.4 Å². The van der Waals surface area contributed by atoms with Gasteiger partial charge in [-0.25, -0.2) is 9.59 Å². The highest BCUT2D eigenvalue weighted by atomic mass is 35.5. The number of aromatic carboxylic acids is 1. The van der Waals surface area contributed by atoms with Gasteiger partial charge < -0.3 is 15.3 Å². The molecule has 19 heavy (non-hydrogen) atoms. The number of hydrogen-bond acceptors (Lipinski definition) is 2. The number of rotatable bonds is 3. The third-order valence-corrected chi connectivity index (χ3v) is 3.72. The number of carboxylic acids is 1. The molecular weight excluding hydrogens is 268 g/mol. The predicted octanol–water partition coefficient (Wildman–Crippen LogP) is 3.05. The van der Waals surface area contributed by atoms with E-state index in [1.807, 2.05) is 0 Å². The smallest absolute Gasteiger partial charge is 0.337 e. The Morgan fingerprint density at radius 1 is 1.42 bits per heavy atom. The number of anilines is 1. The van der Waals surface area contributed by atoms with Crippen LogP contribution in [0.15, 0.2) is 18.2 Å². The van der Waals surface area contributed by atoms with Crippen molar-refractivity contribution in [2.45, 2.75) is 25.3 Å². The molecule has 1 saturated carbocycles. The normalized spacial score (nSPS) is 14.6. The first kappa shape index (κ1) is 13.7. The minimum Gasteiger partial charge on any atom is -0.478 e. The lowest BCUT2D eigenvalue weighted by Gasteiger charge is -2.34. The average molecular weight is 283 g/mol. The maximum Gasteiger partial charge on any atom is 0.337 e. The minimum absolute atomic E-state index is 0.0224. The number of urea groups is 1. The second-order valence-electron chi connectivity index (χ2n) is 4.63. The van der Waals surface area contributed by atoms with E-state index in [0.717, 1.165) is 19.3 Å². The molecule has 5 nitrogen and oxygen atoms in total. The number of benzene rings is 1. The molecule has 0 spiro atoms. The Bertz CT molecular complexity index is 515. The standard InChI is InChI=1S/C13H15ClN2O3/c1-16(9-3-2-4-9)13(19)15-8-5-6-11(14)10(7-8)12(17)18/h5-7,9H,2-4H2,1H3,(H,15,19)(H,17,18). The van der Waals surface area contributed by atoms with Crippen LogP contribution in [0.3, 0.4) is 0 Å². The number of hydrogen-bond donors (Lipinski definition) is 2. The molecule has 0 aromatic heterocycles. The van der Waals surface area contributed by atoms with Gasteiger partial charge in [0.1, 0.15) is 0 Å². The Kier molecular flexibility index (Phi) is 3.95. The number of amides is 2. The van der Waals surface area contributed by atoms with E-state index in [-0.39, 0.29) is 22.7 Å². The van der Waals surface area contributed by atoms with Gasteiger partial charge in [-0.1, -0.05) is 11.6 Å². The van der Waals surface area contributed by atoms with Crippen molar-refractivity contribution in [2.24, 2.45) is 0 Å². The summed E-state index contributed by atoms with van der Waals surface area (Å²) in [4.78, 5) is 24.5. The van der Waals surface area contributed by atoms with Gasteiger partial charge in [0.2, 0.25) is 0 Å². The van der Waals surface area contributed by atoms with E-state index in [2.05, 4.69) is 5.32 Å². The van der Waals surface area contributed by atoms with E-state index < -0.39 is 5.97 Å². The molecule has 1 aromatic carbocycles. The van der Waals surface area contributed by atoms with Crippen LogP contribution in [0.25, 0.3) is 0 Å². The summed E-state index contributed by atoms with van der Waals surface area (Å²) in [5.74, 6) is -1.12. The average Bonchev–Trinajstić information content (AvgIpc) is 2.28. The maximum absolute atomic E-state index is 11.9. The largest absolute Gasteiger partial charge is 0.478 e. The van der Waals surface area contributed by atoms with Crippen LogP contribution >= 0.6 is 11.6 Å². The van der Waals surface area contributed by atoms with Gasteiger partial charge in [-0.15, -0.1) is 0 Å². The Balaban J connectivity index is 2.08. The fourth-order valence-corrected chi connectivity index (χ4v) is 2.12. The van der Waals surface area contributed by atoms with Gasteiger partial charge in [0.25, 0.3) is 0 Å². The second-order valence-corrected chi connectivity index (χ2v) is 5.03. The lowest BCUT2D eigenvalue weighted by molar-refractivity contribution is 0.0697. The molecule has 1 fully saturated rings. The van der Waals surface area contributed by atoms with Gasteiger partial charge in [-0.05, 0) is 37.5 Å². The van der Waals surface area contributed by atoms with Crippen LogP contribution in [0.1, 0.15) is 29.6 Å². The fourth-order valence-electron chi connectivity index (χ4n) is 1.92. The lowest BCUT2D eigenvalue weighted by Crippen LogP contribution is -2.43. The van der Waals surface area contributed by atoms with E-state index in [4.69, 9.17) is 16.7 Å². The molecule has 0 aliphatic heterocycles. The molecule has 0 saturated heterocycles. The number of carbonyl (C=O) groups is 2. The molecular formula is C13H15ClN2O3. The summed E-state index contributed by atoms with van der Waals surface area (Å²) >= 11 is 5.77. The van der Waals surface area contributed by atoms with Gasteiger partial charge in [-0.2, -0.15) is 0 Å². The van der Waals surface area contributed by atoms with Gasteiger partial charge in [0, 0.05) is 18.8 Å². The SMILES string of the molecule is CN(C(=O)Nc1ccc(Cl)c(C(=O)O)c1)C1CCC1. The molecule has 6 heteroatoms. The van der Waals surface area contributed by atoms with Crippen molar-refractivity contribution >= 4 is 29.3 Å². The lowest BCUT2D eigenvalue weighted by atomic mass is 9.92. The van der Waals surface area contributed by atoms with Crippen LogP contribution in [-0.2, 0) is 0 Å². The van der Waals surface area contributed by atoms with Crippen LogP contribution in [0.2, 0.25) is 5.02 Å². The zero-order valence-electron chi connectivity index (χ0n) is 10.5. The van der Waals surface area contributed by atoms with Crippen LogP contribution in [-0.4, -0.2) is 35.1 Å². The van der Waals surface area contributed by atoms with Crippen molar-refractivity contribution in [1.82, 2.24) is 4.90 Å². The van der Waals surface area contributed by atoms with E-state index in [0.29, 0.717) is 5.69 Å². The number of nitrogens with one attached hydrogen (secondary N) is 1. The number of nitrogens with zero attached hydrogens (tertiary/aromatic N) is 1. The molecule has 1 aliphatic rings. The topological polar surface area (TPSA) is 69.6 Å². The second kappa shape index (κ2) is 5.48. The quantitative estimate of drug-likeness (QED) is 0.895. The fraction of sp³-hybridized carbons (Fsp3) is 0.385. The summed E-state index contributed by atoms with van der Waals surface area (Å²) in [5.41, 5.74) is 0.406. The third-order valence-electron chi connectivity index (χ3n) is 3.39. The van der Waals surface area contributed by atoms with E-state index in [1.54, 1.807) is 18.0 Å². The summed E-state index contributed by atoms with van der Waals surface area (Å²) in [6.45, 7) is 0. The highest BCUT2D eigenvalue weighted by molar-refractivity contribution is 6.33. The molecule has 0 radical (unpaired) electrons. The molecule has 2 N–H and O–H groups in total. The zero-order valence-corrected chi connectivity index (χ0v) is 11.3. The summed E-state index contributed by atoms with van der Waals surface area (Å²) in [6, 6.07) is 4.46. The molecule has 0 heterocycles. The molecule has 0 unspecified atom stereocenters. The molecule has 0 bridgehead atoms. The number of carbonyl (C=O) groups excluding carboxylic acids is 1. The van der Waals surface area contributed by atoms with Gasteiger partial charge >= 0.3 is 12.0 Å². The first-order valence-electron chi connectivity index (χ1n) is 6.05. The molecule has 2 rings (SSSR count). The molecule has 0 atom stereocenters. The Morgan fingerprint density at radius 3 is 2.63 bits per heavy atom. The van der Waals surface area contributed by atoms with Crippen molar-refractivity contribution in [3.8, 4) is 0 Å². The minimum atomic E-state index is -1.12. The van der Waals surface area contributed by atoms with Gasteiger partial charge in [0.05, 0.1) is 10.6 Å². The van der Waals surface area contributed by atoms with Crippen LogP contribution in [0.4, 0.5) is 10.5 Å². The summed E-state index contributed by atoms with van der Waals surface area (Å²) < 4.78 is 0. The number of carboxylic acid groups (broad SMARTS) is 1. The first-order chi connectivity index (χ1) is 8.99. The van der Waals surface area contributed by atoms with Crippen molar-refractivity contribution in [3.63, 3.8) is 0 Å². The molecule has 102 valence electrons. The highest BCUT2D eigenvalue weighted by Crippen LogP contribution is 2.25. The Morgan fingerprint density at radius 2 is 2.11 bits per heavy atom. The van der Waals surface area contributed by atoms with Gasteiger partial charge in [-0.3, -0.25) is 0 Å². The third kappa shape index (κ3) is 2.98. The van der Waals surface area contributed by atoms with E-state index >= 15 is 0 Å². The summed E-state index contributed by atoms with van der Waals surface area (Å²) in [7, 11) is 1.74. The van der Waals surface area contributed by atoms with Gasteiger partial charge in [0.15, 0.2) is 0 Å². The number of halogens is 1. The Hall–Kier alpha value is -1.75. The zero-order chi connectivity index (χ0) is 14.0. The maximum atomic E-state index is 11.9. The highest BCUT2D eigenvalue weighted by Gasteiger charge is 2.25.